The van der Waals surface area contributed by atoms with Gasteiger partial charge in [-0.1, -0.05) is 42.5 Å². The molecular weight excluding hydrogens is 366 g/mol. The summed E-state index contributed by atoms with van der Waals surface area (Å²) in [6.45, 7) is 1.92. The van der Waals surface area contributed by atoms with Crippen LogP contribution in [0.1, 0.15) is 16.7 Å². The Balaban J connectivity index is 1.61. The first-order chi connectivity index (χ1) is 14.2. The molecule has 0 amide bonds. The van der Waals surface area contributed by atoms with E-state index < -0.39 is 0 Å². The average Bonchev–Trinajstić information content (AvgIpc) is 2.78. The van der Waals surface area contributed by atoms with Gasteiger partial charge in [-0.25, -0.2) is 0 Å². The summed E-state index contributed by atoms with van der Waals surface area (Å²) in [5.41, 5.74) is 3.36. The molecule has 0 spiro atoms. The summed E-state index contributed by atoms with van der Waals surface area (Å²) in [6, 6.07) is 22.0. The summed E-state index contributed by atoms with van der Waals surface area (Å²) in [5.74, 6) is 2.92. The second kappa shape index (κ2) is 10.4. The molecule has 3 aromatic rings. The lowest BCUT2D eigenvalue weighted by atomic mass is 10.1. The minimum Gasteiger partial charge on any atom is -0.493 e. The van der Waals surface area contributed by atoms with Crippen LogP contribution in [0, 0.1) is 0 Å². The summed E-state index contributed by atoms with van der Waals surface area (Å²) in [7, 11) is 4.93. The lowest BCUT2D eigenvalue weighted by Crippen LogP contribution is -2.13. The van der Waals surface area contributed by atoms with Crippen LogP contribution in [-0.2, 0) is 19.7 Å². The van der Waals surface area contributed by atoms with E-state index in [1.54, 1.807) is 21.3 Å². The van der Waals surface area contributed by atoms with Crippen molar-refractivity contribution in [1.29, 1.82) is 0 Å². The molecule has 152 valence electrons. The quantitative estimate of drug-likeness (QED) is 0.546. The summed E-state index contributed by atoms with van der Waals surface area (Å²) in [6.07, 6.45) is 0. The normalized spacial score (nSPS) is 10.4. The minimum absolute atomic E-state index is 0.500. The molecule has 0 atom stereocenters. The van der Waals surface area contributed by atoms with E-state index in [4.69, 9.17) is 18.9 Å². The van der Waals surface area contributed by atoms with Crippen LogP contribution in [0.4, 0.5) is 0 Å². The number of hydrogen-bond acceptors (Lipinski definition) is 5. The molecular formula is C24H27NO4. The summed E-state index contributed by atoms with van der Waals surface area (Å²) in [5, 5.41) is 3.45. The number of rotatable bonds is 10. The topological polar surface area (TPSA) is 49.0 Å². The summed E-state index contributed by atoms with van der Waals surface area (Å²) >= 11 is 0. The van der Waals surface area contributed by atoms with Crippen molar-refractivity contribution in [1.82, 2.24) is 5.32 Å². The molecule has 0 bridgehead atoms. The van der Waals surface area contributed by atoms with Gasteiger partial charge in [-0.3, -0.25) is 0 Å². The summed E-state index contributed by atoms with van der Waals surface area (Å²) in [4.78, 5) is 0. The Morgan fingerprint density at radius 3 is 1.72 bits per heavy atom. The van der Waals surface area contributed by atoms with Gasteiger partial charge in [0.05, 0.1) is 21.3 Å². The maximum Gasteiger partial charge on any atom is 0.161 e. The Morgan fingerprint density at radius 2 is 1.14 bits per heavy atom. The molecule has 3 aromatic carbocycles. The number of hydrogen-bond donors (Lipinski definition) is 1. The molecule has 29 heavy (non-hydrogen) atoms. The zero-order valence-corrected chi connectivity index (χ0v) is 17.1. The molecule has 0 saturated heterocycles. The van der Waals surface area contributed by atoms with Crippen molar-refractivity contribution < 1.29 is 18.9 Å². The maximum atomic E-state index is 5.99. The van der Waals surface area contributed by atoms with Crippen LogP contribution < -0.4 is 24.3 Å². The summed E-state index contributed by atoms with van der Waals surface area (Å²) < 4.78 is 22.1. The third kappa shape index (κ3) is 5.65. The van der Waals surface area contributed by atoms with E-state index in [-0.39, 0.29) is 0 Å². The van der Waals surface area contributed by atoms with Crippen LogP contribution in [0.15, 0.2) is 66.7 Å². The molecule has 0 unspecified atom stereocenters. The van der Waals surface area contributed by atoms with Gasteiger partial charge >= 0.3 is 0 Å². The molecule has 0 aliphatic heterocycles. The first kappa shape index (κ1) is 20.6. The van der Waals surface area contributed by atoms with Crippen molar-refractivity contribution in [2.24, 2.45) is 0 Å². The van der Waals surface area contributed by atoms with Crippen molar-refractivity contribution in [3.05, 3.63) is 83.4 Å². The van der Waals surface area contributed by atoms with Crippen molar-refractivity contribution in [3.8, 4) is 23.0 Å². The van der Waals surface area contributed by atoms with Gasteiger partial charge < -0.3 is 24.3 Å². The van der Waals surface area contributed by atoms with Crippen molar-refractivity contribution in [2.75, 3.05) is 21.3 Å². The standard InChI is InChI=1S/C24H27NO4/c1-26-21-11-9-19(13-23(21)28-3)15-25-16-20-10-12-22(27-2)24(14-20)29-17-18-7-5-4-6-8-18/h4-14,25H,15-17H2,1-3H3. The first-order valence-corrected chi connectivity index (χ1v) is 9.48. The van der Waals surface area contributed by atoms with Gasteiger partial charge in [0.2, 0.25) is 0 Å². The van der Waals surface area contributed by atoms with E-state index in [2.05, 4.69) is 5.32 Å². The van der Waals surface area contributed by atoms with E-state index in [9.17, 15) is 0 Å². The number of methoxy groups -OCH3 is 3. The molecule has 5 heteroatoms. The van der Waals surface area contributed by atoms with E-state index >= 15 is 0 Å². The van der Waals surface area contributed by atoms with Gasteiger partial charge in [0.15, 0.2) is 23.0 Å². The Labute approximate surface area is 172 Å². The van der Waals surface area contributed by atoms with Gasteiger partial charge in [-0.05, 0) is 41.0 Å². The lowest BCUT2D eigenvalue weighted by Gasteiger charge is -2.13. The van der Waals surface area contributed by atoms with E-state index in [1.165, 1.54) is 0 Å². The van der Waals surface area contributed by atoms with Crippen LogP contribution in [0.3, 0.4) is 0 Å². The zero-order valence-electron chi connectivity index (χ0n) is 17.1. The molecule has 0 aliphatic carbocycles. The van der Waals surface area contributed by atoms with Gasteiger partial charge in [0.1, 0.15) is 6.61 Å². The third-order valence-electron chi connectivity index (χ3n) is 4.57. The van der Waals surface area contributed by atoms with Crippen molar-refractivity contribution in [2.45, 2.75) is 19.7 Å². The Hall–Kier alpha value is -3.18. The molecule has 0 saturated carbocycles. The number of nitrogens with one attached hydrogen (secondary N) is 1. The van der Waals surface area contributed by atoms with Crippen molar-refractivity contribution in [3.63, 3.8) is 0 Å². The van der Waals surface area contributed by atoms with E-state index in [1.807, 2.05) is 66.7 Å². The predicted molar refractivity (Wildman–Crippen MR) is 114 cm³/mol. The molecule has 0 heterocycles. The van der Waals surface area contributed by atoms with Crippen LogP contribution in [0.25, 0.3) is 0 Å². The smallest absolute Gasteiger partial charge is 0.161 e. The number of benzene rings is 3. The molecule has 0 fully saturated rings. The van der Waals surface area contributed by atoms with Crippen LogP contribution in [0.5, 0.6) is 23.0 Å². The maximum absolute atomic E-state index is 5.99. The Kier molecular flexibility index (Phi) is 7.36. The fraction of sp³-hybridized carbons (Fsp3) is 0.250. The van der Waals surface area contributed by atoms with Gasteiger partial charge in [0, 0.05) is 13.1 Å². The Bertz CT molecular complexity index is 912. The average molecular weight is 393 g/mol. The Morgan fingerprint density at radius 1 is 0.586 bits per heavy atom. The van der Waals surface area contributed by atoms with Crippen LogP contribution in [0.2, 0.25) is 0 Å². The lowest BCUT2D eigenvalue weighted by molar-refractivity contribution is 0.284. The van der Waals surface area contributed by atoms with Gasteiger partial charge in [-0.2, -0.15) is 0 Å². The fourth-order valence-electron chi connectivity index (χ4n) is 3.02. The monoisotopic (exact) mass is 393 g/mol. The minimum atomic E-state index is 0.500. The second-order valence-electron chi connectivity index (χ2n) is 6.55. The van der Waals surface area contributed by atoms with Gasteiger partial charge in [-0.15, -0.1) is 0 Å². The van der Waals surface area contributed by atoms with Crippen molar-refractivity contribution >= 4 is 0 Å². The zero-order chi connectivity index (χ0) is 20.5. The largest absolute Gasteiger partial charge is 0.493 e. The molecule has 0 radical (unpaired) electrons. The molecule has 1 N–H and O–H groups in total. The molecule has 0 aromatic heterocycles. The second-order valence-corrected chi connectivity index (χ2v) is 6.55. The van der Waals surface area contributed by atoms with Gasteiger partial charge in [0.25, 0.3) is 0 Å². The highest BCUT2D eigenvalue weighted by molar-refractivity contribution is 5.44. The highest BCUT2D eigenvalue weighted by Crippen LogP contribution is 2.29. The predicted octanol–water partition coefficient (Wildman–Crippen LogP) is 4.58. The van der Waals surface area contributed by atoms with E-state index in [0.717, 1.165) is 39.7 Å². The first-order valence-electron chi connectivity index (χ1n) is 9.48. The SMILES string of the molecule is COc1ccc(CNCc2ccc(OC)c(OCc3ccccc3)c2)cc1OC. The third-order valence-corrected chi connectivity index (χ3v) is 4.57. The number of ether oxygens (including phenoxy) is 4. The highest BCUT2D eigenvalue weighted by atomic mass is 16.5. The fourth-order valence-corrected chi connectivity index (χ4v) is 3.02. The molecule has 0 aliphatic rings. The van der Waals surface area contributed by atoms with Crippen LogP contribution >= 0.6 is 0 Å². The molecule has 3 rings (SSSR count). The van der Waals surface area contributed by atoms with E-state index in [0.29, 0.717) is 19.7 Å². The molecule has 5 nitrogen and oxygen atoms in total. The highest BCUT2D eigenvalue weighted by Gasteiger charge is 2.08. The van der Waals surface area contributed by atoms with Crippen LogP contribution in [-0.4, -0.2) is 21.3 Å².